The summed E-state index contributed by atoms with van der Waals surface area (Å²) in [4.78, 5) is 6.94. The molecule has 0 unspecified atom stereocenters. The summed E-state index contributed by atoms with van der Waals surface area (Å²) in [6, 6.07) is 2.21. The molecule has 0 radical (unpaired) electrons. The average molecular weight is 351 g/mol. The molecule has 2 aromatic rings. The number of likely N-dealkylation sites (tertiary alicyclic amines) is 1. The molecule has 0 amide bonds. The second kappa shape index (κ2) is 6.61. The highest BCUT2D eigenvalue weighted by Crippen LogP contribution is 2.36. The summed E-state index contributed by atoms with van der Waals surface area (Å²) in [5.74, 6) is 0. The number of hydrogen-bond donors (Lipinski definition) is 0. The first-order chi connectivity index (χ1) is 11.2. The summed E-state index contributed by atoms with van der Waals surface area (Å²) in [6.45, 7) is 6.57. The number of rotatable bonds is 5. The average Bonchev–Trinajstić information content (AvgIpc) is 3.16. The predicted molar refractivity (Wildman–Crippen MR) is 92.9 cm³/mol. The normalized spacial score (nSPS) is 24.0. The van der Waals surface area contributed by atoms with E-state index < -0.39 is 0 Å². The minimum Gasteiger partial charge on any atom is -0.372 e. The van der Waals surface area contributed by atoms with Gasteiger partial charge < -0.3 is 9.47 Å². The molecular formula is C17H22N2O2S2. The van der Waals surface area contributed by atoms with Crippen molar-refractivity contribution < 1.29 is 9.47 Å². The molecule has 0 aliphatic carbocycles. The molecule has 0 saturated carbocycles. The number of ether oxygens (including phenoxy) is 2. The maximum absolute atomic E-state index is 6.10. The molecule has 0 N–H and O–H groups in total. The SMILES string of the molecule is Cc1nc(CO[C@@H]2CCOC3(C2)CN(Cc2ccsc2)C3)cs1. The van der Waals surface area contributed by atoms with Crippen LogP contribution in [-0.4, -0.2) is 41.3 Å². The van der Waals surface area contributed by atoms with Crippen LogP contribution in [0.2, 0.25) is 0 Å². The van der Waals surface area contributed by atoms with E-state index >= 15 is 0 Å². The van der Waals surface area contributed by atoms with Crippen LogP contribution in [0.4, 0.5) is 0 Å². The number of nitrogens with zero attached hydrogens (tertiary/aromatic N) is 2. The van der Waals surface area contributed by atoms with Crippen LogP contribution >= 0.6 is 22.7 Å². The molecule has 2 aliphatic heterocycles. The number of thiazole rings is 1. The Morgan fingerprint density at radius 2 is 2.35 bits per heavy atom. The lowest BCUT2D eigenvalue weighted by molar-refractivity contribution is -0.200. The predicted octanol–water partition coefficient (Wildman–Crippen LogP) is 3.46. The summed E-state index contributed by atoms with van der Waals surface area (Å²) >= 11 is 3.45. The second-order valence-electron chi connectivity index (χ2n) is 6.59. The maximum Gasteiger partial charge on any atom is 0.0959 e. The van der Waals surface area contributed by atoms with Crippen molar-refractivity contribution >= 4 is 22.7 Å². The molecule has 0 bridgehead atoms. The minimum atomic E-state index is 0.0247. The van der Waals surface area contributed by atoms with Gasteiger partial charge in [0.05, 0.1) is 29.0 Å². The van der Waals surface area contributed by atoms with Gasteiger partial charge in [0.25, 0.3) is 0 Å². The number of hydrogen-bond acceptors (Lipinski definition) is 6. The Morgan fingerprint density at radius 3 is 3.09 bits per heavy atom. The Labute approximate surface area is 145 Å². The summed E-state index contributed by atoms with van der Waals surface area (Å²) in [6.07, 6.45) is 2.31. The molecule has 4 nitrogen and oxygen atoms in total. The van der Waals surface area contributed by atoms with E-state index in [1.165, 1.54) is 5.56 Å². The van der Waals surface area contributed by atoms with Crippen LogP contribution in [0.25, 0.3) is 0 Å². The Bertz CT molecular complexity index is 635. The highest BCUT2D eigenvalue weighted by molar-refractivity contribution is 7.09. The van der Waals surface area contributed by atoms with Crippen molar-refractivity contribution in [2.45, 2.75) is 44.6 Å². The zero-order chi connectivity index (χ0) is 15.7. The lowest BCUT2D eigenvalue weighted by Gasteiger charge is -2.53. The van der Waals surface area contributed by atoms with Crippen molar-refractivity contribution in [3.8, 4) is 0 Å². The van der Waals surface area contributed by atoms with Crippen LogP contribution in [0.1, 0.15) is 29.1 Å². The van der Waals surface area contributed by atoms with Gasteiger partial charge in [-0.15, -0.1) is 11.3 Å². The van der Waals surface area contributed by atoms with Crippen molar-refractivity contribution in [3.05, 3.63) is 38.5 Å². The van der Waals surface area contributed by atoms with Crippen molar-refractivity contribution in [2.75, 3.05) is 19.7 Å². The third-order valence-corrected chi connectivity index (χ3v) is 6.15. The molecule has 2 aliphatic rings. The summed E-state index contributed by atoms with van der Waals surface area (Å²) < 4.78 is 12.2. The molecular weight excluding hydrogens is 328 g/mol. The van der Waals surface area contributed by atoms with Crippen LogP contribution in [0.15, 0.2) is 22.2 Å². The smallest absolute Gasteiger partial charge is 0.0959 e. The summed E-state index contributed by atoms with van der Waals surface area (Å²) in [5, 5.41) is 7.58. The van der Waals surface area contributed by atoms with E-state index in [4.69, 9.17) is 9.47 Å². The van der Waals surface area contributed by atoms with Crippen molar-refractivity contribution in [3.63, 3.8) is 0 Å². The summed E-state index contributed by atoms with van der Waals surface area (Å²) in [5.41, 5.74) is 2.49. The number of aromatic nitrogens is 1. The molecule has 4 heterocycles. The second-order valence-corrected chi connectivity index (χ2v) is 8.43. The van der Waals surface area contributed by atoms with Gasteiger partial charge in [-0.2, -0.15) is 11.3 Å². The molecule has 0 aromatic carbocycles. The first-order valence-electron chi connectivity index (χ1n) is 8.11. The van der Waals surface area contributed by atoms with Gasteiger partial charge in [-0.05, 0) is 35.7 Å². The lowest BCUT2D eigenvalue weighted by atomic mass is 9.84. The van der Waals surface area contributed by atoms with Gasteiger partial charge in [-0.25, -0.2) is 4.98 Å². The fourth-order valence-electron chi connectivity index (χ4n) is 3.54. The molecule has 4 rings (SSSR count). The molecule has 124 valence electrons. The third kappa shape index (κ3) is 3.67. The van der Waals surface area contributed by atoms with E-state index in [2.05, 4.69) is 32.1 Å². The number of aryl methyl sites for hydroxylation is 1. The van der Waals surface area contributed by atoms with Crippen LogP contribution in [-0.2, 0) is 22.6 Å². The molecule has 1 spiro atoms. The minimum absolute atomic E-state index is 0.0247. The van der Waals surface area contributed by atoms with Gasteiger partial charge in [-0.1, -0.05) is 0 Å². The van der Waals surface area contributed by atoms with Crippen LogP contribution in [0, 0.1) is 6.92 Å². The Balaban J connectivity index is 1.26. The van der Waals surface area contributed by atoms with E-state index in [-0.39, 0.29) is 5.60 Å². The molecule has 2 aromatic heterocycles. The van der Waals surface area contributed by atoms with Gasteiger partial charge in [-0.3, -0.25) is 4.90 Å². The first kappa shape index (κ1) is 15.7. The van der Waals surface area contributed by atoms with Gasteiger partial charge in [0.2, 0.25) is 0 Å². The summed E-state index contributed by atoms with van der Waals surface area (Å²) in [7, 11) is 0. The first-order valence-corrected chi connectivity index (χ1v) is 9.93. The highest BCUT2D eigenvalue weighted by Gasteiger charge is 2.47. The van der Waals surface area contributed by atoms with Gasteiger partial charge in [0, 0.05) is 38.0 Å². The zero-order valence-electron chi connectivity index (χ0n) is 13.4. The maximum atomic E-state index is 6.10. The largest absolute Gasteiger partial charge is 0.372 e. The molecule has 2 saturated heterocycles. The van der Waals surface area contributed by atoms with Crippen molar-refractivity contribution in [1.82, 2.24) is 9.88 Å². The van der Waals surface area contributed by atoms with E-state index in [0.29, 0.717) is 12.7 Å². The quantitative estimate of drug-likeness (QED) is 0.827. The topological polar surface area (TPSA) is 34.6 Å². The Hall–Kier alpha value is -0.790. The lowest BCUT2D eigenvalue weighted by Crippen LogP contribution is -2.65. The van der Waals surface area contributed by atoms with Crippen molar-refractivity contribution in [2.24, 2.45) is 0 Å². The van der Waals surface area contributed by atoms with Crippen LogP contribution in [0.3, 0.4) is 0 Å². The van der Waals surface area contributed by atoms with E-state index in [0.717, 1.165) is 49.8 Å². The molecule has 1 atom stereocenters. The monoisotopic (exact) mass is 350 g/mol. The zero-order valence-corrected chi connectivity index (χ0v) is 15.0. The fraction of sp³-hybridized carbons (Fsp3) is 0.588. The Kier molecular flexibility index (Phi) is 4.52. The molecule has 6 heteroatoms. The standard InChI is InChI=1S/C17H22N2O2S2/c1-13-18-15(10-23-13)8-20-16-2-4-21-17(6-16)11-19(12-17)7-14-3-5-22-9-14/h3,5,9-10,16H,2,4,6-8,11-12H2,1H3/t16-/m1/s1. The van der Waals surface area contributed by atoms with Crippen LogP contribution in [0.5, 0.6) is 0 Å². The molecule has 2 fully saturated rings. The highest BCUT2D eigenvalue weighted by atomic mass is 32.1. The van der Waals surface area contributed by atoms with E-state index in [1.807, 2.05) is 6.92 Å². The third-order valence-electron chi connectivity index (χ3n) is 4.59. The molecule has 23 heavy (non-hydrogen) atoms. The van der Waals surface area contributed by atoms with Gasteiger partial charge in [0.15, 0.2) is 0 Å². The van der Waals surface area contributed by atoms with E-state index in [9.17, 15) is 0 Å². The van der Waals surface area contributed by atoms with Gasteiger partial charge in [0.1, 0.15) is 0 Å². The fourth-order valence-corrected chi connectivity index (χ4v) is 4.80. The van der Waals surface area contributed by atoms with Crippen LogP contribution < -0.4 is 0 Å². The van der Waals surface area contributed by atoms with Gasteiger partial charge >= 0.3 is 0 Å². The number of thiophene rings is 1. The van der Waals surface area contributed by atoms with E-state index in [1.54, 1.807) is 22.7 Å². The van der Waals surface area contributed by atoms with Crippen molar-refractivity contribution in [1.29, 1.82) is 0 Å². The Morgan fingerprint density at radius 1 is 1.43 bits per heavy atom.